The Morgan fingerprint density at radius 2 is 1.77 bits per heavy atom. The molecule has 78 valence electrons. The van der Waals surface area contributed by atoms with E-state index in [-0.39, 0.29) is 3.82 Å². The molecule has 0 aliphatic carbocycles. The lowest BCUT2D eigenvalue weighted by molar-refractivity contribution is 0.0481. The smallest absolute Gasteiger partial charge is 0.440 e. The average molecular weight is 250 g/mol. The molecule has 0 bridgehead atoms. The largest absolute Gasteiger partial charge is 0.442 e. The summed E-state index contributed by atoms with van der Waals surface area (Å²) < 4.78 is 25.5. The Morgan fingerprint density at radius 1 is 1.38 bits per heavy atom. The molecule has 1 amide bonds. The fourth-order valence-electron chi connectivity index (χ4n) is 0.387. The van der Waals surface area contributed by atoms with Crippen LogP contribution in [0, 0.1) is 0 Å². The summed E-state index contributed by atoms with van der Waals surface area (Å²) in [7, 11) is 0.495. The van der Waals surface area contributed by atoms with Crippen LogP contribution in [0.1, 0.15) is 20.8 Å². The van der Waals surface area contributed by atoms with Crippen molar-refractivity contribution in [1.82, 2.24) is 3.82 Å². The summed E-state index contributed by atoms with van der Waals surface area (Å²) in [5.74, 6) is 0. The van der Waals surface area contributed by atoms with E-state index in [4.69, 9.17) is 22.5 Å². The minimum Gasteiger partial charge on any atom is -0.442 e. The number of ether oxygens (including phenoxy) is 1. The first kappa shape index (κ1) is 12.8. The zero-order valence-corrected chi connectivity index (χ0v) is 9.57. The number of halogens is 2. The standard InChI is InChI=1S/C5H9Cl2NO4S/c1-5(2,3)12-4(9)8(6)13(7,10)11/h1-3H3. The minimum atomic E-state index is -4.28. The van der Waals surface area contributed by atoms with Crippen LogP contribution in [0.3, 0.4) is 0 Å². The second kappa shape index (κ2) is 3.89. The van der Waals surface area contributed by atoms with E-state index >= 15 is 0 Å². The van der Waals surface area contributed by atoms with Gasteiger partial charge >= 0.3 is 15.3 Å². The fraction of sp³-hybridized carbons (Fsp3) is 0.800. The molecule has 0 saturated carbocycles. The van der Waals surface area contributed by atoms with Crippen LogP contribution in [0.2, 0.25) is 0 Å². The van der Waals surface area contributed by atoms with Crippen LogP contribution in [-0.2, 0) is 14.0 Å². The van der Waals surface area contributed by atoms with Gasteiger partial charge in [0.25, 0.3) is 0 Å². The molecule has 13 heavy (non-hydrogen) atoms. The van der Waals surface area contributed by atoms with Crippen LogP contribution < -0.4 is 0 Å². The summed E-state index contributed by atoms with van der Waals surface area (Å²) in [4.78, 5) is 10.9. The monoisotopic (exact) mass is 249 g/mol. The summed E-state index contributed by atoms with van der Waals surface area (Å²) in [6, 6.07) is 0. The Hall–Kier alpha value is -0.200. The number of hydrogen-bond acceptors (Lipinski definition) is 4. The summed E-state index contributed by atoms with van der Waals surface area (Å²) in [5.41, 5.74) is -0.828. The molecule has 0 aliphatic heterocycles. The number of hydrogen-bond donors (Lipinski definition) is 0. The molecule has 0 saturated heterocycles. The van der Waals surface area contributed by atoms with Gasteiger partial charge < -0.3 is 4.74 Å². The minimum absolute atomic E-state index is 0.195. The predicted molar refractivity (Wildman–Crippen MR) is 48.7 cm³/mol. The highest BCUT2D eigenvalue weighted by atomic mass is 35.7. The van der Waals surface area contributed by atoms with E-state index in [2.05, 4.69) is 4.74 Å². The van der Waals surface area contributed by atoms with Crippen LogP contribution in [-0.4, -0.2) is 23.9 Å². The molecule has 0 atom stereocenters. The van der Waals surface area contributed by atoms with E-state index in [1.54, 1.807) is 20.8 Å². The number of rotatable bonds is 1. The van der Waals surface area contributed by atoms with Gasteiger partial charge in [0.1, 0.15) is 5.60 Å². The quantitative estimate of drug-likeness (QED) is 0.526. The first-order chi connectivity index (χ1) is 5.54. The molecule has 0 aromatic rings. The third-order valence-corrected chi connectivity index (χ3v) is 2.57. The van der Waals surface area contributed by atoms with Gasteiger partial charge in [-0.05, 0) is 20.8 Å². The van der Waals surface area contributed by atoms with E-state index in [0.717, 1.165) is 0 Å². The van der Waals surface area contributed by atoms with Gasteiger partial charge in [0.15, 0.2) is 0 Å². The van der Waals surface area contributed by atoms with Crippen molar-refractivity contribution in [2.45, 2.75) is 26.4 Å². The van der Waals surface area contributed by atoms with E-state index in [1.807, 2.05) is 0 Å². The maximum Gasteiger partial charge on any atom is 0.440 e. The van der Waals surface area contributed by atoms with Crippen LogP contribution in [0.4, 0.5) is 4.79 Å². The molecule has 0 unspecified atom stereocenters. The topological polar surface area (TPSA) is 63.7 Å². The Morgan fingerprint density at radius 3 is 2.00 bits per heavy atom. The lowest BCUT2D eigenvalue weighted by atomic mass is 10.2. The number of nitrogens with zero attached hydrogens (tertiary/aromatic N) is 1. The van der Waals surface area contributed by atoms with Crippen LogP contribution in [0.15, 0.2) is 0 Å². The van der Waals surface area contributed by atoms with E-state index in [9.17, 15) is 13.2 Å². The van der Waals surface area contributed by atoms with Crippen LogP contribution >= 0.6 is 22.5 Å². The Balaban J connectivity index is 4.48. The molecule has 0 rings (SSSR count). The van der Waals surface area contributed by atoms with Crippen molar-refractivity contribution < 1.29 is 17.9 Å². The zero-order valence-electron chi connectivity index (χ0n) is 7.24. The Labute approximate surface area is 86.2 Å². The number of carbonyl (C=O) groups excluding carboxylic acids is 1. The fourth-order valence-corrected chi connectivity index (χ4v) is 0.806. The van der Waals surface area contributed by atoms with E-state index in [0.29, 0.717) is 0 Å². The van der Waals surface area contributed by atoms with Crippen LogP contribution in [0.25, 0.3) is 0 Å². The lowest BCUT2D eigenvalue weighted by Crippen LogP contribution is -2.32. The molecule has 5 nitrogen and oxygen atoms in total. The Kier molecular flexibility index (Phi) is 3.83. The first-order valence-electron chi connectivity index (χ1n) is 3.18. The molecule has 0 aromatic carbocycles. The molecule has 0 heterocycles. The third kappa shape index (κ3) is 5.17. The van der Waals surface area contributed by atoms with E-state index < -0.39 is 20.9 Å². The van der Waals surface area contributed by atoms with Gasteiger partial charge in [-0.1, -0.05) is 3.82 Å². The van der Waals surface area contributed by atoms with Gasteiger partial charge in [-0.3, -0.25) is 0 Å². The highest BCUT2D eigenvalue weighted by molar-refractivity contribution is 8.12. The molecule has 0 aliphatic rings. The van der Waals surface area contributed by atoms with Gasteiger partial charge in [0.05, 0.1) is 0 Å². The van der Waals surface area contributed by atoms with Crippen molar-refractivity contribution in [2.24, 2.45) is 0 Å². The maximum absolute atomic E-state index is 10.9. The van der Waals surface area contributed by atoms with Crippen molar-refractivity contribution in [2.75, 3.05) is 0 Å². The molecule has 0 radical (unpaired) electrons. The van der Waals surface area contributed by atoms with Crippen molar-refractivity contribution in [3.05, 3.63) is 0 Å². The highest BCUT2D eigenvalue weighted by Gasteiger charge is 2.28. The van der Waals surface area contributed by atoms with Crippen LogP contribution in [0.5, 0.6) is 0 Å². The molecular weight excluding hydrogens is 241 g/mol. The van der Waals surface area contributed by atoms with E-state index in [1.165, 1.54) is 0 Å². The van der Waals surface area contributed by atoms with Crippen molar-refractivity contribution >= 4 is 37.8 Å². The third-order valence-electron chi connectivity index (χ3n) is 0.729. The second-order valence-corrected chi connectivity index (χ2v) is 6.04. The predicted octanol–water partition coefficient (Wildman–Crippen LogP) is 1.86. The van der Waals surface area contributed by atoms with Gasteiger partial charge in [0.2, 0.25) is 0 Å². The maximum atomic E-state index is 10.9. The molecule has 0 spiro atoms. The van der Waals surface area contributed by atoms with Crippen molar-refractivity contribution in [3.8, 4) is 0 Å². The molecule has 0 aromatic heterocycles. The number of amides is 1. The summed E-state index contributed by atoms with van der Waals surface area (Å²) in [5, 5.41) is 0. The average Bonchev–Trinajstić information content (AvgIpc) is 1.79. The summed E-state index contributed by atoms with van der Waals surface area (Å²) in [6.07, 6.45) is -1.23. The number of carbonyl (C=O) groups is 1. The van der Waals surface area contributed by atoms with Gasteiger partial charge in [-0.25, -0.2) is 4.79 Å². The molecular formula is C5H9Cl2NO4S. The first-order valence-corrected chi connectivity index (χ1v) is 5.78. The van der Waals surface area contributed by atoms with Gasteiger partial charge in [0, 0.05) is 22.5 Å². The lowest BCUT2D eigenvalue weighted by Gasteiger charge is -2.20. The molecule has 0 N–H and O–H groups in total. The van der Waals surface area contributed by atoms with Crippen molar-refractivity contribution in [3.63, 3.8) is 0 Å². The normalized spacial score (nSPS) is 12.4. The SMILES string of the molecule is CC(C)(C)OC(=O)N(Cl)S(=O)(=O)Cl. The second-order valence-electron chi connectivity index (χ2n) is 3.14. The molecule has 8 heteroatoms. The Bertz CT molecular complexity index is 294. The molecule has 0 fully saturated rings. The van der Waals surface area contributed by atoms with Gasteiger partial charge in [-0.2, -0.15) is 8.42 Å². The summed E-state index contributed by atoms with van der Waals surface area (Å²) in [6.45, 7) is 4.70. The zero-order chi connectivity index (χ0) is 10.9. The highest BCUT2D eigenvalue weighted by Crippen LogP contribution is 2.16. The van der Waals surface area contributed by atoms with Gasteiger partial charge in [-0.15, -0.1) is 0 Å². The van der Waals surface area contributed by atoms with Crippen molar-refractivity contribution in [1.29, 1.82) is 0 Å². The summed E-state index contributed by atoms with van der Waals surface area (Å²) >= 11 is 5.05.